The Morgan fingerprint density at radius 1 is 1.29 bits per heavy atom. The van der Waals surface area contributed by atoms with E-state index in [9.17, 15) is 13.2 Å². The van der Waals surface area contributed by atoms with Gasteiger partial charge in [-0.2, -0.15) is 13.2 Å². The molecule has 3 rings (SSSR count). The Hall–Kier alpha value is -1.30. The molecule has 0 amide bonds. The van der Waals surface area contributed by atoms with E-state index in [1.807, 2.05) is 0 Å². The van der Waals surface area contributed by atoms with Crippen molar-refractivity contribution < 1.29 is 13.2 Å². The van der Waals surface area contributed by atoms with E-state index in [-0.39, 0.29) is 16.6 Å². The van der Waals surface area contributed by atoms with Crippen LogP contribution in [0.4, 0.5) is 13.2 Å². The van der Waals surface area contributed by atoms with Crippen molar-refractivity contribution >= 4 is 22.6 Å². The molecule has 0 spiro atoms. The second-order valence-electron chi connectivity index (χ2n) is 4.08. The maximum Gasteiger partial charge on any atom is 0.417 e. The lowest BCUT2D eigenvalue weighted by molar-refractivity contribution is -0.137. The number of nitrogens with zero attached hydrogens (tertiary/aromatic N) is 3. The van der Waals surface area contributed by atoms with E-state index in [4.69, 9.17) is 11.6 Å². The molecule has 1 saturated carbocycles. The average Bonchev–Trinajstić information content (AvgIpc) is 2.97. The van der Waals surface area contributed by atoms with Crippen molar-refractivity contribution in [2.45, 2.75) is 25.1 Å². The lowest BCUT2D eigenvalue weighted by Gasteiger charge is -2.08. The monoisotopic (exact) mass is 261 g/mol. The van der Waals surface area contributed by atoms with E-state index in [2.05, 4.69) is 10.3 Å². The van der Waals surface area contributed by atoms with Crippen molar-refractivity contribution in [2.75, 3.05) is 0 Å². The van der Waals surface area contributed by atoms with Crippen LogP contribution in [0.1, 0.15) is 24.4 Å². The highest BCUT2D eigenvalue weighted by Crippen LogP contribution is 2.40. The summed E-state index contributed by atoms with van der Waals surface area (Å²) in [5.74, 6) is 0. The zero-order valence-electron chi connectivity index (χ0n) is 8.50. The predicted molar refractivity (Wildman–Crippen MR) is 55.8 cm³/mol. The van der Waals surface area contributed by atoms with Crippen LogP contribution in [0.3, 0.4) is 0 Å². The largest absolute Gasteiger partial charge is 0.417 e. The van der Waals surface area contributed by atoms with Crippen molar-refractivity contribution in [1.29, 1.82) is 0 Å². The lowest BCUT2D eigenvalue weighted by atomic mass is 10.2. The molecule has 0 aliphatic heterocycles. The highest BCUT2D eigenvalue weighted by molar-refractivity contribution is 6.32. The Morgan fingerprint density at radius 2 is 2.00 bits per heavy atom. The Morgan fingerprint density at radius 3 is 2.59 bits per heavy atom. The van der Waals surface area contributed by atoms with Gasteiger partial charge in [-0.1, -0.05) is 16.8 Å². The first-order chi connectivity index (χ1) is 7.97. The third-order valence-electron chi connectivity index (χ3n) is 2.76. The standard InChI is InChI=1S/C10H7ClF3N3/c11-7-4-9-8(3-6(7)10(12,13)14)15-16-17(9)5-1-2-5/h3-5H,1-2H2. The Labute approximate surface area is 99.2 Å². The van der Waals surface area contributed by atoms with Crippen molar-refractivity contribution in [3.8, 4) is 0 Å². The molecule has 3 nitrogen and oxygen atoms in total. The summed E-state index contributed by atoms with van der Waals surface area (Å²) in [6, 6.07) is 2.49. The van der Waals surface area contributed by atoms with Crippen LogP contribution < -0.4 is 0 Å². The molecule has 2 aromatic rings. The molecular formula is C10H7ClF3N3. The Balaban J connectivity index is 2.20. The lowest BCUT2D eigenvalue weighted by Crippen LogP contribution is -2.06. The summed E-state index contributed by atoms with van der Waals surface area (Å²) in [5.41, 5.74) is -0.0753. The van der Waals surface area contributed by atoms with Crippen molar-refractivity contribution in [3.63, 3.8) is 0 Å². The molecule has 0 unspecified atom stereocenters. The highest BCUT2D eigenvalue weighted by atomic mass is 35.5. The fourth-order valence-electron chi connectivity index (χ4n) is 1.77. The van der Waals surface area contributed by atoms with Crippen molar-refractivity contribution in [3.05, 3.63) is 22.7 Å². The summed E-state index contributed by atoms with van der Waals surface area (Å²) in [6.45, 7) is 0. The zero-order chi connectivity index (χ0) is 12.2. The fourth-order valence-corrected chi connectivity index (χ4v) is 2.03. The first-order valence-electron chi connectivity index (χ1n) is 5.08. The van der Waals surface area contributed by atoms with Gasteiger partial charge in [0.05, 0.1) is 22.1 Å². The number of hydrogen-bond acceptors (Lipinski definition) is 2. The number of halogens is 4. The van der Waals surface area contributed by atoms with Gasteiger partial charge in [0.1, 0.15) is 5.52 Å². The van der Waals surface area contributed by atoms with E-state index >= 15 is 0 Å². The van der Waals surface area contributed by atoms with Gasteiger partial charge in [0.15, 0.2) is 0 Å². The number of hydrogen-bond donors (Lipinski definition) is 0. The second-order valence-corrected chi connectivity index (χ2v) is 4.49. The molecule has 1 heterocycles. The van der Waals surface area contributed by atoms with E-state index in [1.165, 1.54) is 6.07 Å². The summed E-state index contributed by atoms with van der Waals surface area (Å²) in [7, 11) is 0. The quantitative estimate of drug-likeness (QED) is 0.787. The first kappa shape index (κ1) is 10.8. The number of benzene rings is 1. The van der Waals surface area contributed by atoms with Gasteiger partial charge in [-0.3, -0.25) is 0 Å². The number of aromatic nitrogens is 3. The van der Waals surface area contributed by atoms with E-state index in [1.54, 1.807) is 4.68 Å². The molecule has 0 atom stereocenters. The molecule has 0 saturated heterocycles. The molecule has 0 radical (unpaired) electrons. The van der Waals surface area contributed by atoms with Gasteiger partial charge < -0.3 is 0 Å². The van der Waals surface area contributed by atoms with Crippen molar-refractivity contribution in [2.24, 2.45) is 0 Å². The van der Waals surface area contributed by atoms with Gasteiger partial charge in [0.25, 0.3) is 0 Å². The molecule has 1 aromatic heterocycles. The van der Waals surface area contributed by atoms with Crippen LogP contribution in [0, 0.1) is 0 Å². The Bertz CT molecular complexity index is 586. The SMILES string of the molecule is FC(F)(F)c1cc2nnn(C3CC3)c2cc1Cl. The molecule has 1 aromatic carbocycles. The van der Waals surface area contributed by atoms with Gasteiger partial charge in [-0.25, -0.2) is 4.68 Å². The van der Waals surface area contributed by atoms with Gasteiger partial charge in [-0.15, -0.1) is 5.10 Å². The number of alkyl halides is 3. The minimum absolute atomic E-state index is 0.230. The molecule has 1 fully saturated rings. The molecule has 17 heavy (non-hydrogen) atoms. The van der Waals surface area contributed by atoms with Gasteiger partial charge >= 0.3 is 6.18 Å². The van der Waals surface area contributed by atoms with Crippen LogP contribution in [-0.2, 0) is 6.18 Å². The van der Waals surface area contributed by atoms with Crippen LogP contribution in [-0.4, -0.2) is 15.0 Å². The van der Waals surface area contributed by atoms with Gasteiger partial charge in [0.2, 0.25) is 0 Å². The normalized spacial score (nSPS) is 16.7. The second kappa shape index (κ2) is 3.35. The third-order valence-corrected chi connectivity index (χ3v) is 3.07. The van der Waals surface area contributed by atoms with Gasteiger partial charge in [-0.05, 0) is 25.0 Å². The van der Waals surface area contributed by atoms with E-state index in [0.29, 0.717) is 5.52 Å². The predicted octanol–water partition coefficient (Wildman–Crippen LogP) is 3.44. The molecule has 7 heteroatoms. The maximum absolute atomic E-state index is 12.6. The highest BCUT2D eigenvalue weighted by Gasteiger charge is 2.35. The number of rotatable bonds is 1. The minimum Gasteiger partial charge on any atom is -0.242 e. The molecular weight excluding hydrogens is 255 g/mol. The topological polar surface area (TPSA) is 30.7 Å². The van der Waals surface area contributed by atoms with Crippen molar-refractivity contribution in [1.82, 2.24) is 15.0 Å². The molecule has 90 valence electrons. The molecule has 0 N–H and O–H groups in total. The summed E-state index contributed by atoms with van der Waals surface area (Å²) in [5, 5.41) is 7.30. The Kier molecular flexibility index (Phi) is 2.13. The van der Waals surface area contributed by atoms with Crippen LogP contribution in [0.2, 0.25) is 5.02 Å². The molecule has 1 aliphatic carbocycles. The first-order valence-corrected chi connectivity index (χ1v) is 5.46. The number of fused-ring (bicyclic) bond motifs is 1. The maximum atomic E-state index is 12.6. The van der Waals surface area contributed by atoms with E-state index in [0.717, 1.165) is 18.9 Å². The van der Waals surface area contributed by atoms with E-state index < -0.39 is 11.7 Å². The summed E-state index contributed by atoms with van der Waals surface area (Å²) >= 11 is 5.65. The fraction of sp³-hybridized carbons (Fsp3) is 0.400. The van der Waals surface area contributed by atoms with Crippen LogP contribution in [0.25, 0.3) is 11.0 Å². The summed E-state index contributed by atoms with van der Waals surface area (Å²) < 4.78 is 39.5. The van der Waals surface area contributed by atoms with Crippen LogP contribution in [0.15, 0.2) is 12.1 Å². The molecule has 1 aliphatic rings. The summed E-state index contributed by atoms with van der Waals surface area (Å²) in [4.78, 5) is 0. The third kappa shape index (κ3) is 1.76. The van der Waals surface area contributed by atoms with Crippen LogP contribution in [0.5, 0.6) is 0 Å². The van der Waals surface area contributed by atoms with Crippen LogP contribution >= 0.6 is 11.6 Å². The average molecular weight is 262 g/mol. The zero-order valence-corrected chi connectivity index (χ0v) is 9.26. The smallest absolute Gasteiger partial charge is 0.242 e. The minimum atomic E-state index is -4.46. The van der Waals surface area contributed by atoms with Gasteiger partial charge in [0, 0.05) is 0 Å². The molecule has 0 bridgehead atoms. The summed E-state index contributed by atoms with van der Waals surface area (Å²) in [6.07, 6.45) is -2.50.